The number of hydrogen-bond donors (Lipinski definition) is 0. The highest BCUT2D eigenvalue weighted by molar-refractivity contribution is 6.09. The first-order valence-corrected chi connectivity index (χ1v) is 20.9. The monoisotopic (exact) mass is 772 g/mol. The van der Waals surface area contributed by atoms with Gasteiger partial charge in [0.1, 0.15) is 0 Å². The Kier molecular flexibility index (Phi) is 10.7. The van der Waals surface area contributed by atoms with Crippen LogP contribution in [0, 0.1) is 0 Å². The van der Waals surface area contributed by atoms with E-state index in [1.807, 2.05) is 6.08 Å². The highest BCUT2D eigenvalue weighted by Gasteiger charge is 2.18. The van der Waals surface area contributed by atoms with Gasteiger partial charge in [-0.05, 0) is 125 Å². The minimum Gasteiger partial charge on any atom is -0.315 e. The molecule has 0 bridgehead atoms. The van der Waals surface area contributed by atoms with Crippen LogP contribution >= 0.6 is 0 Å². The Morgan fingerprint density at radius 3 is 1.77 bits per heavy atom. The molecule has 0 saturated heterocycles. The van der Waals surface area contributed by atoms with Crippen LogP contribution in [0.3, 0.4) is 0 Å². The van der Waals surface area contributed by atoms with Gasteiger partial charge < -0.3 is 9.47 Å². The van der Waals surface area contributed by atoms with Crippen molar-refractivity contribution in [1.29, 1.82) is 0 Å². The molecular weight excluding hydrogens is 725 g/mol. The maximum Gasteiger partial charge on any atom is 0.0541 e. The summed E-state index contributed by atoms with van der Waals surface area (Å²) in [6, 6.07) is 65.6. The number of anilines is 2. The summed E-state index contributed by atoms with van der Waals surface area (Å²) in [6.45, 7) is 10.8. The zero-order chi connectivity index (χ0) is 41.0. The first-order chi connectivity index (χ1) is 29.6. The molecule has 0 aliphatic rings. The normalized spacial score (nSPS) is 12.2. The molecule has 0 atom stereocenters. The lowest BCUT2D eigenvalue weighted by atomic mass is 9.88. The first-order valence-electron chi connectivity index (χ1n) is 20.9. The maximum absolute atomic E-state index is 4.31. The molecule has 0 spiro atoms. The number of para-hydroxylation sites is 3. The minimum absolute atomic E-state index is 0.917. The van der Waals surface area contributed by atoms with Gasteiger partial charge in [0.25, 0.3) is 0 Å². The van der Waals surface area contributed by atoms with Crippen LogP contribution < -0.4 is 4.90 Å². The van der Waals surface area contributed by atoms with Crippen LogP contribution in [-0.2, 0) is 6.42 Å². The number of hydrogen-bond acceptors (Lipinski definition) is 1. The molecule has 290 valence electrons. The van der Waals surface area contributed by atoms with E-state index >= 15 is 0 Å². The summed E-state index contributed by atoms with van der Waals surface area (Å²) in [5.74, 6) is 0. The zero-order valence-electron chi connectivity index (χ0n) is 34.5. The molecule has 60 heavy (non-hydrogen) atoms. The zero-order valence-corrected chi connectivity index (χ0v) is 34.5. The lowest BCUT2D eigenvalue weighted by molar-refractivity contribution is 1.13. The summed E-state index contributed by atoms with van der Waals surface area (Å²) < 4.78 is 2.41. The summed E-state index contributed by atoms with van der Waals surface area (Å²) in [5, 5.41) is 5.02. The van der Waals surface area contributed by atoms with Gasteiger partial charge in [-0.25, -0.2) is 0 Å². The Morgan fingerprint density at radius 2 is 1.13 bits per heavy atom. The number of aromatic nitrogens is 1. The predicted molar refractivity (Wildman–Crippen MR) is 260 cm³/mol. The number of rotatable bonds is 11. The van der Waals surface area contributed by atoms with Crippen molar-refractivity contribution in [3.05, 3.63) is 235 Å². The van der Waals surface area contributed by atoms with E-state index in [9.17, 15) is 0 Å². The Morgan fingerprint density at radius 1 is 0.583 bits per heavy atom. The third kappa shape index (κ3) is 7.07. The van der Waals surface area contributed by atoms with Crippen LogP contribution in [0.1, 0.15) is 37.5 Å². The van der Waals surface area contributed by atoms with Gasteiger partial charge in [-0.15, -0.1) is 0 Å². The topological polar surface area (TPSA) is 8.17 Å². The lowest BCUT2D eigenvalue weighted by Crippen LogP contribution is -2.14. The Balaban J connectivity index is 1.14. The van der Waals surface area contributed by atoms with Crippen LogP contribution in [0.2, 0.25) is 0 Å². The Bertz CT molecular complexity index is 3030. The highest BCUT2D eigenvalue weighted by Crippen LogP contribution is 2.39. The molecule has 0 fully saturated rings. The van der Waals surface area contributed by atoms with Crippen molar-refractivity contribution in [2.75, 3.05) is 4.90 Å². The fourth-order valence-electron chi connectivity index (χ4n) is 8.84. The standard InChI is InChI=1S/C58H48N2/c1-5-19-52-49(7-3)55(40-46-22-11-12-23-50(46)52)42(6-2)31-30-41(4)59(47-36-32-44(33-37-47)43-20-9-8-10-21-43)48-38-34-45(35-39-48)51-24-13-16-27-56(51)60-57-28-17-14-25-53(57)54-26-15-18-29-58(54)60/h5-6,8-40H,2,7H2,1,3-4H3/b19-5-,41-30+,42-31+. The fourth-order valence-corrected chi connectivity index (χ4v) is 8.84. The van der Waals surface area contributed by atoms with Gasteiger partial charge in [-0.1, -0.05) is 171 Å². The molecule has 0 radical (unpaired) electrons. The molecule has 1 heterocycles. The summed E-state index contributed by atoms with van der Waals surface area (Å²) in [5.41, 5.74) is 16.5. The Hall–Kier alpha value is -7.42. The average molecular weight is 773 g/mol. The van der Waals surface area contributed by atoms with Gasteiger partial charge in [0, 0.05) is 33.4 Å². The average Bonchev–Trinajstić information content (AvgIpc) is 3.64. The molecule has 0 aliphatic carbocycles. The largest absolute Gasteiger partial charge is 0.315 e. The van der Waals surface area contributed by atoms with Crippen molar-refractivity contribution in [3.8, 4) is 27.9 Å². The van der Waals surface area contributed by atoms with E-state index in [0.717, 1.165) is 40.3 Å². The van der Waals surface area contributed by atoms with Crippen molar-refractivity contribution in [1.82, 2.24) is 4.57 Å². The van der Waals surface area contributed by atoms with E-state index in [1.54, 1.807) is 0 Å². The van der Waals surface area contributed by atoms with E-state index in [4.69, 9.17) is 0 Å². The third-order valence-corrected chi connectivity index (χ3v) is 11.7. The van der Waals surface area contributed by atoms with E-state index in [-0.39, 0.29) is 0 Å². The van der Waals surface area contributed by atoms with Gasteiger partial charge in [-0.2, -0.15) is 0 Å². The van der Waals surface area contributed by atoms with Crippen molar-refractivity contribution < 1.29 is 0 Å². The molecule has 8 aromatic carbocycles. The van der Waals surface area contributed by atoms with E-state index in [2.05, 4.69) is 243 Å². The van der Waals surface area contributed by atoms with E-state index in [0.29, 0.717) is 0 Å². The van der Waals surface area contributed by atoms with Crippen molar-refractivity contribution in [2.24, 2.45) is 0 Å². The smallest absolute Gasteiger partial charge is 0.0541 e. The van der Waals surface area contributed by atoms with E-state index in [1.165, 1.54) is 66.0 Å². The van der Waals surface area contributed by atoms with Gasteiger partial charge in [0.15, 0.2) is 0 Å². The summed E-state index contributed by atoms with van der Waals surface area (Å²) in [6.07, 6.45) is 11.8. The number of benzene rings is 8. The molecule has 0 amide bonds. The maximum atomic E-state index is 4.31. The molecular formula is C58H48N2. The second-order valence-electron chi connectivity index (χ2n) is 15.2. The molecule has 2 heteroatoms. The van der Waals surface area contributed by atoms with Gasteiger partial charge in [0.2, 0.25) is 0 Å². The SMILES string of the molecule is C=C/C(=C\C=C(/C)N(c1ccc(-c2ccccc2)cc1)c1ccc(-c2ccccc2-n2c3ccccc3c3ccccc32)cc1)c1cc2ccccc2c(/C=C\C)c1CC. The van der Waals surface area contributed by atoms with Gasteiger partial charge in [-0.3, -0.25) is 0 Å². The van der Waals surface area contributed by atoms with Gasteiger partial charge >= 0.3 is 0 Å². The first kappa shape index (κ1) is 38.1. The number of allylic oxidation sites excluding steroid dienone is 6. The molecule has 1 aromatic heterocycles. The Labute approximate surface area is 354 Å². The number of nitrogens with zero attached hydrogens (tertiary/aromatic N) is 2. The minimum atomic E-state index is 0.917. The van der Waals surface area contributed by atoms with Crippen LogP contribution in [0.4, 0.5) is 11.4 Å². The van der Waals surface area contributed by atoms with Crippen molar-refractivity contribution in [3.63, 3.8) is 0 Å². The molecule has 0 unspecified atom stereocenters. The van der Waals surface area contributed by atoms with Gasteiger partial charge in [0.05, 0.1) is 16.7 Å². The lowest BCUT2D eigenvalue weighted by Gasteiger charge is -2.26. The van der Waals surface area contributed by atoms with Crippen molar-refractivity contribution >= 4 is 55.6 Å². The quantitative estimate of drug-likeness (QED) is 0.119. The summed E-state index contributed by atoms with van der Waals surface area (Å²) in [7, 11) is 0. The summed E-state index contributed by atoms with van der Waals surface area (Å²) >= 11 is 0. The summed E-state index contributed by atoms with van der Waals surface area (Å²) in [4.78, 5) is 2.35. The highest BCUT2D eigenvalue weighted by atomic mass is 15.1. The third-order valence-electron chi connectivity index (χ3n) is 11.7. The van der Waals surface area contributed by atoms with Crippen LogP contribution in [0.5, 0.6) is 0 Å². The van der Waals surface area contributed by atoms with E-state index < -0.39 is 0 Å². The van der Waals surface area contributed by atoms with Crippen LogP contribution in [0.15, 0.2) is 219 Å². The second-order valence-corrected chi connectivity index (χ2v) is 15.2. The molecule has 0 N–H and O–H groups in total. The van der Waals surface area contributed by atoms with Crippen LogP contribution in [-0.4, -0.2) is 4.57 Å². The fraction of sp³-hybridized carbons (Fsp3) is 0.0690. The molecule has 0 saturated carbocycles. The molecule has 9 aromatic rings. The predicted octanol–water partition coefficient (Wildman–Crippen LogP) is 16.2. The van der Waals surface area contributed by atoms with Crippen molar-refractivity contribution in [2.45, 2.75) is 27.2 Å². The van der Waals surface area contributed by atoms with Crippen LogP contribution in [0.25, 0.3) is 72.2 Å². The molecule has 2 nitrogen and oxygen atoms in total. The molecule has 9 rings (SSSR count). The second kappa shape index (κ2) is 16.8. The number of fused-ring (bicyclic) bond motifs is 4. The molecule has 0 aliphatic heterocycles.